The lowest BCUT2D eigenvalue weighted by Gasteiger charge is -2.40. The molecule has 5 atom stereocenters. The zero-order chi connectivity index (χ0) is 19.7. The first-order valence-corrected chi connectivity index (χ1v) is 10.2. The molecule has 1 aliphatic heterocycles. The highest BCUT2D eigenvalue weighted by Gasteiger charge is 2.45. The van der Waals surface area contributed by atoms with E-state index in [1.165, 1.54) is 16.0 Å². The van der Waals surface area contributed by atoms with Gasteiger partial charge in [0.15, 0.2) is 0 Å². The van der Waals surface area contributed by atoms with Crippen molar-refractivity contribution in [1.82, 2.24) is 0 Å². The third-order valence-corrected chi connectivity index (χ3v) is 6.99. The minimum absolute atomic E-state index is 0.415. The van der Waals surface area contributed by atoms with E-state index in [2.05, 4.69) is 38.1 Å². The molecule has 1 saturated heterocycles. The van der Waals surface area contributed by atoms with Crippen molar-refractivity contribution in [3.8, 4) is 0 Å². The molecule has 1 aliphatic rings. The normalized spacial score (nSPS) is 28.4. The van der Waals surface area contributed by atoms with Crippen LogP contribution >= 0.6 is 11.3 Å². The molecule has 27 heavy (non-hydrogen) atoms. The highest BCUT2D eigenvalue weighted by Crippen LogP contribution is 2.36. The average Bonchev–Trinajstić information content (AvgIpc) is 2.95. The molecular weight excluding hydrogens is 363 g/mol. The minimum Gasteiger partial charge on any atom is -0.394 e. The quantitative estimate of drug-likeness (QED) is 0.539. The summed E-state index contributed by atoms with van der Waals surface area (Å²) >= 11 is 1.56. The molecular formula is C20H27BO5S. The number of benzene rings is 1. The Balaban J connectivity index is 1.87. The lowest BCUT2D eigenvalue weighted by molar-refractivity contribution is -0.230. The molecule has 1 aromatic carbocycles. The Kier molecular flexibility index (Phi) is 6.41. The Hall–Kier alpha value is -1.22. The first-order valence-electron chi connectivity index (χ1n) is 9.34. The van der Waals surface area contributed by atoms with Crippen LogP contribution in [0.15, 0.2) is 24.3 Å². The Morgan fingerprint density at radius 2 is 1.67 bits per heavy atom. The van der Waals surface area contributed by atoms with Crippen LogP contribution in [0, 0.1) is 6.92 Å². The lowest BCUT2D eigenvalue weighted by atomic mass is 9.85. The summed E-state index contributed by atoms with van der Waals surface area (Å²) in [6, 6.07) is 8.56. The molecule has 1 fully saturated rings. The van der Waals surface area contributed by atoms with Crippen molar-refractivity contribution in [3.63, 3.8) is 0 Å². The number of ether oxygens (including phenoxy) is 1. The van der Waals surface area contributed by atoms with E-state index in [4.69, 9.17) is 4.74 Å². The summed E-state index contributed by atoms with van der Waals surface area (Å²) in [5.41, 5.74) is 4.69. The Labute approximate surface area is 164 Å². The van der Waals surface area contributed by atoms with Gasteiger partial charge in [0.25, 0.3) is 0 Å². The third kappa shape index (κ3) is 3.99. The van der Waals surface area contributed by atoms with Crippen LogP contribution in [0.25, 0.3) is 0 Å². The minimum atomic E-state index is -1.35. The lowest BCUT2D eigenvalue weighted by Crippen LogP contribution is -2.55. The van der Waals surface area contributed by atoms with Gasteiger partial charge in [-0.15, -0.1) is 11.3 Å². The van der Waals surface area contributed by atoms with E-state index in [9.17, 15) is 20.4 Å². The number of aliphatic hydroxyl groups excluding tert-OH is 4. The van der Waals surface area contributed by atoms with Gasteiger partial charge in [0.05, 0.1) is 6.61 Å². The molecule has 0 spiro atoms. The monoisotopic (exact) mass is 390 g/mol. The Morgan fingerprint density at radius 3 is 2.26 bits per heavy atom. The molecule has 0 radical (unpaired) electrons. The van der Waals surface area contributed by atoms with Crippen LogP contribution in [-0.4, -0.2) is 59.3 Å². The second-order valence-electron chi connectivity index (χ2n) is 7.24. The molecule has 0 saturated carbocycles. The maximum atomic E-state index is 10.4. The summed E-state index contributed by atoms with van der Waals surface area (Å²) in [4.78, 5) is 2.02. The molecule has 7 heteroatoms. The predicted octanol–water partition coefficient (Wildman–Crippen LogP) is -0.0170. The molecule has 4 N–H and O–H groups in total. The van der Waals surface area contributed by atoms with Crippen molar-refractivity contribution >= 4 is 24.6 Å². The molecule has 146 valence electrons. The molecule has 2 heterocycles. The zero-order valence-electron chi connectivity index (χ0n) is 15.9. The van der Waals surface area contributed by atoms with Crippen LogP contribution < -0.4 is 5.46 Å². The number of hydrogen-bond acceptors (Lipinski definition) is 6. The van der Waals surface area contributed by atoms with E-state index in [-0.39, 0.29) is 0 Å². The van der Waals surface area contributed by atoms with Crippen molar-refractivity contribution < 1.29 is 25.2 Å². The number of hydrogen-bond donors (Lipinski definition) is 4. The van der Waals surface area contributed by atoms with Crippen LogP contribution in [-0.2, 0) is 17.6 Å². The van der Waals surface area contributed by atoms with Gasteiger partial charge in [0.1, 0.15) is 38.4 Å². The van der Waals surface area contributed by atoms with E-state index in [1.807, 2.05) is 7.85 Å². The van der Waals surface area contributed by atoms with Gasteiger partial charge in [0.2, 0.25) is 0 Å². The number of aryl methyl sites for hydroxylation is 1. The van der Waals surface area contributed by atoms with Gasteiger partial charge in [-0.1, -0.05) is 36.7 Å². The van der Waals surface area contributed by atoms with Crippen LogP contribution in [0.1, 0.15) is 39.5 Å². The van der Waals surface area contributed by atoms with Crippen molar-refractivity contribution in [3.05, 3.63) is 50.7 Å². The van der Waals surface area contributed by atoms with Crippen LogP contribution in [0.5, 0.6) is 0 Å². The second-order valence-corrected chi connectivity index (χ2v) is 8.37. The summed E-state index contributed by atoms with van der Waals surface area (Å²) in [7, 11) is 1.98. The third-order valence-electron chi connectivity index (χ3n) is 5.53. The fraction of sp³-hybridized carbons (Fsp3) is 0.500. The van der Waals surface area contributed by atoms with Gasteiger partial charge in [-0.3, -0.25) is 0 Å². The molecule has 1 aromatic heterocycles. The molecule has 0 amide bonds. The van der Waals surface area contributed by atoms with Crippen molar-refractivity contribution in [2.45, 2.75) is 57.2 Å². The smallest absolute Gasteiger partial charge is 0.141 e. The van der Waals surface area contributed by atoms with Gasteiger partial charge >= 0.3 is 0 Å². The second kappa shape index (κ2) is 8.43. The van der Waals surface area contributed by atoms with Gasteiger partial charge in [0, 0.05) is 16.2 Å². The summed E-state index contributed by atoms with van der Waals surface area (Å²) in [6.07, 6.45) is -3.78. The maximum absolute atomic E-state index is 10.4. The van der Waals surface area contributed by atoms with Gasteiger partial charge in [-0.05, 0) is 30.0 Å². The number of aliphatic hydroxyl groups is 4. The zero-order valence-corrected chi connectivity index (χ0v) is 16.7. The van der Waals surface area contributed by atoms with Gasteiger partial charge < -0.3 is 25.2 Å². The summed E-state index contributed by atoms with van der Waals surface area (Å²) in [6.45, 7) is 3.77. The van der Waals surface area contributed by atoms with E-state index >= 15 is 0 Å². The molecule has 3 rings (SSSR count). The maximum Gasteiger partial charge on any atom is 0.141 e. The van der Waals surface area contributed by atoms with Crippen molar-refractivity contribution in [2.75, 3.05) is 6.61 Å². The molecule has 2 aromatic rings. The molecule has 5 nitrogen and oxygen atoms in total. The summed E-state index contributed by atoms with van der Waals surface area (Å²) in [5.74, 6) is 0. The number of thiophene rings is 1. The van der Waals surface area contributed by atoms with E-state index < -0.39 is 37.1 Å². The van der Waals surface area contributed by atoms with E-state index in [0.29, 0.717) is 0 Å². The van der Waals surface area contributed by atoms with Gasteiger partial charge in [-0.2, -0.15) is 0 Å². The van der Waals surface area contributed by atoms with E-state index in [1.54, 1.807) is 11.3 Å². The van der Waals surface area contributed by atoms with Crippen molar-refractivity contribution in [2.24, 2.45) is 0 Å². The van der Waals surface area contributed by atoms with E-state index in [0.717, 1.165) is 28.7 Å². The fourth-order valence-electron chi connectivity index (χ4n) is 3.52. The Morgan fingerprint density at radius 1 is 1.04 bits per heavy atom. The highest BCUT2D eigenvalue weighted by atomic mass is 32.1. The average molecular weight is 390 g/mol. The van der Waals surface area contributed by atoms with Crippen molar-refractivity contribution in [1.29, 1.82) is 0 Å². The first-order chi connectivity index (χ1) is 12.9. The fourth-order valence-corrected chi connectivity index (χ4v) is 4.94. The topological polar surface area (TPSA) is 90.2 Å². The van der Waals surface area contributed by atoms with Crippen LogP contribution in [0.3, 0.4) is 0 Å². The van der Waals surface area contributed by atoms with Crippen LogP contribution in [0.2, 0.25) is 0 Å². The predicted molar refractivity (Wildman–Crippen MR) is 109 cm³/mol. The first kappa shape index (κ1) is 20.5. The molecule has 0 bridgehead atoms. The highest BCUT2D eigenvalue weighted by molar-refractivity contribution is 7.13. The largest absolute Gasteiger partial charge is 0.394 e. The standard InChI is InChI=1S/C20H27BO5S/c1-3-11-4-6-12(7-5-11)8-14-10(2)15(21)20(27-14)19-18(25)17(24)16(23)13(9-22)26-19/h4-7,13,16-19,22-25H,3,8-9,21H2,1-2H3/t13-,16-,17+,18-,19-/m1/s1. The summed E-state index contributed by atoms with van der Waals surface area (Å²) in [5, 5.41) is 40.0. The van der Waals surface area contributed by atoms with Crippen LogP contribution in [0.4, 0.5) is 0 Å². The summed E-state index contributed by atoms with van der Waals surface area (Å²) < 4.78 is 5.75. The Bertz CT molecular complexity index is 773. The molecule has 0 aliphatic carbocycles. The SMILES string of the molecule is Bc1c([C@@H]2O[C@H](CO)[C@@H](O)[C@H](O)[C@H]2O)sc(Cc2ccc(CC)cc2)c1C. The molecule has 0 unspecified atom stereocenters. The van der Waals surface area contributed by atoms with Gasteiger partial charge in [-0.25, -0.2) is 0 Å². The number of rotatable bonds is 5.